The van der Waals surface area contributed by atoms with Crippen molar-refractivity contribution < 1.29 is 29.4 Å². The Morgan fingerprint density at radius 3 is 1.61 bits per heavy atom. The third-order valence-corrected chi connectivity index (χ3v) is 5.57. The zero-order valence-corrected chi connectivity index (χ0v) is 17.5. The van der Waals surface area contributed by atoms with Crippen LogP contribution in [0.1, 0.15) is 17.5 Å². The van der Waals surface area contributed by atoms with E-state index in [1.807, 2.05) is 0 Å². The molecule has 0 fully saturated rings. The van der Waals surface area contributed by atoms with Gasteiger partial charge < -0.3 is 10.2 Å². The van der Waals surface area contributed by atoms with Crippen LogP contribution in [0, 0.1) is 5.41 Å². The van der Waals surface area contributed by atoms with E-state index in [1.165, 1.54) is 12.2 Å². The van der Waals surface area contributed by atoms with Crippen LogP contribution in [0.2, 0.25) is 0 Å². The van der Waals surface area contributed by atoms with Crippen LogP contribution in [0.3, 0.4) is 0 Å². The maximum Gasteiger partial charge on any atom is 0.326 e. The van der Waals surface area contributed by atoms with Gasteiger partial charge in [-0.3, -0.25) is 19.2 Å². The summed E-state index contributed by atoms with van der Waals surface area (Å²) < 4.78 is 0. The Bertz CT molecular complexity index is 918. The SMILES string of the molecule is O=C(O)CCSCC(C(=O)O)(C(=O)C=Cc1ccccc1)C(=O)C=Cc1ccccc1. The maximum atomic E-state index is 13.0. The van der Waals surface area contributed by atoms with Crippen molar-refractivity contribution in [3.8, 4) is 0 Å². The van der Waals surface area contributed by atoms with Crippen molar-refractivity contribution in [2.45, 2.75) is 6.42 Å². The first-order valence-electron chi connectivity index (χ1n) is 9.44. The Kier molecular flexibility index (Phi) is 8.96. The number of thioether (sulfide) groups is 1. The summed E-state index contributed by atoms with van der Waals surface area (Å²) in [4.78, 5) is 49.0. The van der Waals surface area contributed by atoms with Crippen molar-refractivity contribution in [2.75, 3.05) is 11.5 Å². The van der Waals surface area contributed by atoms with E-state index in [9.17, 15) is 24.3 Å². The van der Waals surface area contributed by atoms with Crippen LogP contribution in [0.5, 0.6) is 0 Å². The quantitative estimate of drug-likeness (QED) is 0.294. The molecule has 0 aliphatic heterocycles. The van der Waals surface area contributed by atoms with E-state index in [0.717, 1.165) is 23.9 Å². The number of hydrogen-bond acceptors (Lipinski definition) is 5. The molecule has 0 amide bonds. The highest BCUT2D eigenvalue weighted by Crippen LogP contribution is 2.29. The van der Waals surface area contributed by atoms with E-state index in [4.69, 9.17) is 5.11 Å². The van der Waals surface area contributed by atoms with Crippen molar-refractivity contribution in [3.63, 3.8) is 0 Å². The number of carbonyl (C=O) groups excluding carboxylic acids is 2. The summed E-state index contributed by atoms with van der Waals surface area (Å²) in [5, 5.41) is 18.7. The first kappa shape index (κ1) is 23.8. The Morgan fingerprint density at radius 1 is 0.774 bits per heavy atom. The molecule has 0 bridgehead atoms. The van der Waals surface area contributed by atoms with E-state index in [2.05, 4.69) is 0 Å². The number of carboxylic acids is 2. The predicted octanol–water partition coefficient (Wildman–Crippen LogP) is 3.83. The number of carboxylic acid groups (broad SMARTS) is 2. The van der Waals surface area contributed by atoms with E-state index in [-0.39, 0.29) is 17.9 Å². The van der Waals surface area contributed by atoms with Gasteiger partial charge in [0.1, 0.15) is 0 Å². The zero-order chi connectivity index (χ0) is 22.7. The Morgan fingerprint density at radius 2 is 1.23 bits per heavy atom. The van der Waals surface area contributed by atoms with Crippen LogP contribution in [0.25, 0.3) is 12.2 Å². The number of carbonyl (C=O) groups is 4. The van der Waals surface area contributed by atoms with Gasteiger partial charge in [-0.15, -0.1) is 0 Å². The van der Waals surface area contributed by atoms with Gasteiger partial charge in [-0.25, -0.2) is 0 Å². The number of rotatable bonds is 12. The lowest BCUT2D eigenvalue weighted by Crippen LogP contribution is -2.47. The molecular formula is C24H22O6S. The molecule has 0 radical (unpaired) electrons. The summed E-state index contributed by atoms with van der Waals surface area (Å²) in [7, 11) is 0. The van der Waals surface area contributed by atoms with Crippen LogP contribution in [0.15, 0.2) is 72.8 Å². The van der Waals surface area contributed by atoms with Crippen LogP contribution in [0.4, 0.5) is 0 Å². The van der Waals surface area contributed by atoms with Crippen LogP contribution in [-0.4, -0.2) is 45.2 Å². The van der Waals surface area contributed by atoms with Crippen LogP contribution >= 0.6 is 11.8 Å². The molecule has 160 valence electrons. The number of hydrogen-bond donors (Lipinski definition) is 2. The molecule has 0 spiro atoms. The Balaban J connectivity index is 2.34. The largest absolute Gasteiger partial charge is 0.481 e. The van der Waals surface area contributed by atoms with Gasteiger partial charge in [0.25, 0.3) is 0 Å². The van der Waals surface area contributed by atoms with Gasteiger partial charge >= 0.3 is 11.9 Å². The molecule has 0 unspecified atom stereocenters. The number of ketones is 2. The van der Waals surface area contributed by atoms with Crippen LogP contribution in [-0.2, 0) is 19.2 Å². The second kappa shape index (κ2) is 11.7. The van der Waals surface area contributed by atoms with Gasteiger partial charge in [-0.05, 0) is 23.3 Å². The number of benzene rings is 2. The standard InChI is InChI=1S/C24H22O6S/c25-20(13-11-18-7-3-1-4-8-18)24(23(29)30,17-31-16-15-22(27)28)21(26)14-12-19-9-5-2-6-10-19/h1-14H,15-17H2,(H,27,28)(H,29,30). The first-order chi connectivity index (χ1) is 14.9. The van der Waals surface area contributed by atoms with Crippen molar-refractivity contribution >= 4 is 47.4 Å². The Hall–Kier alpha value is -3.45. The zero-order valence-electron chi connectivity index (χ0n) is 16.6. The molecule has 0 heterocycles. The fourth-order valence-corrected chi connectivity index (χ4v) is 3.86. The average Bonchev–Trinajstić information content (AvgIpc) is 2.77. The van der Waals surface area contributed by atoms with Gasteiger partial charge in [0, 0.05) is 11.5 Å². The van der Waals surface area contributed by atoms with Crippen molar-refractivity contribution in [1.29, 1.82) is 0 Å². The summed E-state index contributed by atoms with van der Waals surface area (Å²) in [5.41, 5.74) is -0.985. The molecule has 7 heteroatoms. The maximum absolute atomic E-state index is 13.0. The molecule has 6 nitrogen and oxygen atoms in total. The van der Waals surface area contributed by atoms with Crippen molar-refractivity contribution in [1.82, 2.24) is 0 Å². The summed E-state index contributed by atoms with van der Waals surface area (Å²) >= 11 is 0.946. The highest BCUT2D eigenvalue weighted by Gasteiger charge is 2.50. The van der Waals surface area contributed by atoms with E-state index in [0.29, 0.717) is 11.1 Å². The summed E-state index contributed by atoms with van der Waals surface area (Å²) in [5.74, 6) is -4.63. The van der Waals surface area contributed by atoms with Crippen molar-refractivity contribution in [3.05, 3.63) is 83.9 Å². The topological polar surface area (TPSA) is 109 Å². The van der Waals surface area contributed by atoms with Gasteiger partial charge in [-0.1, -0.05) is 72.8 Å². The third-order valence-electron chi connectivity index (χ3n) is 4.44. The normalized spacial score (nSPS) is 13.2. The third kappa shape index (κ3) is 6.79. The molecule has 31 heavy (non-hydrogen) atoms. The molecule has 2 N–H and O–H groups in total. The van der Waals surface area contributed by atoms with E-state index < -0.39 is 28.9 Å². The number of allylic oxidation sites excluding steroid dienone is 2. The smallest absolute Gasteiger partial charge is 0.326 e. The second-order valence-corrected chi connectivity index (χ2v) is 7.73. The van der Waals surface area contributed by atoms with E-state index in [1.54, 1.807) is 60.7 Å². The molecule has 2 aromatic carbocycles. The molecule has 0 saturated heterocycles. The lowest BCUT2D eigenvalue weighted by atomic mass is 9.80. The highest BCUT2D eigenvalue weighted by atomic mass is 32.2. The molecule has 0 atom stereocenters. The van der Waals surface area contributed by atoms with Crippen LogP contribution < -0.4 is 0 Å². The average molecular weight is 439 g/mol. The summed E-state index contributed by atoms with van der Waals surface area (Å²) in [6, 6.07) is 17.6. The minimum Gasteiger partial charge on any atom is -0.481 e. The fourth-order valence-electron chi connectivity index (χ4n) is 2.68. The second-order valence-electron chi connectivity index (χ2n) is 6.62. The van der Waals surface area contributed by atoms with Gasteiger partial charge in [0.05, 0.1) is 6.42 Å². The summed E-state index contributed by atoms with van der Waals surface area (Å²) in [6.07, 6.45) is 4.89. The minimum absolute atomic E-state index is 0.0791. The predicted molar refractivity (Wildman–Crippen MR) is 121 cm³/mol. The lowest BCUT2D eigenvalue weighted by molar-refractivity contribution is -0.155. The molecule has 0 aliphatic carbocycles. The molecule has 0 aliphatic rings. The molecule has 2 aromatic rings. The number of aliphatic carboxylic acids is 2. The highest BCUT2D eigenvalue weighted by molar-refractivity contribution is 7.99. The monoisotopic (exact) mass is 438 g/mol. The minimum atomic E-state index is -2.35. The van der Waals surface area contributed by atoms with E-state index >= 15 is 0 Å². The molecular weight excluding hydrogens is 416 g/mol. The van der Waals surface area contributed by atoms with Gasteiger partial charge in [0.15, 0.2) is 11.6 Å². The Labute approximate surface area is 184 Å². The van der Waals surface area contributed by atoms with Gasteiger partial charge in [-0.2, -0.15) is 11.8 Å². The fraction of sp³-hybridized carbons (Fsp3) is 0.167. The molecule has 2 rings (SSSR count). The van der Waals surface area contributed by atoms with Crippen molar-refractivity contribution in [2.24, 2.45) is 5.41 Å². The first-order valence-corrected chi connectivity index (χ1v) is 10.6. The molecule has 0 aromatic heterocycles. The molecule has 0 saturated carbocycles. The summed E-state index contributed by atoms with van der Waals surface area (Å²) in [6.45, 7) is 0. The lowest BCUT2D eigenvalue weighted by Gasteiger charge is -2.23. The van der Waals surface area contributed by atoms with Gasteiger partial charge in [0.2, 0.25) is 5.41 Å².